The minimum Gasteiger partial charge on any atom is -0.483 e. The number of ether oxygens (including phenoxy) is 1. The van der Waals surface area contributed by atoms with Crippen molar-refractivity contribution in [1.29, 1.82) is 0 Å². The Bertz CT molecular complexity index is 929. The first-order chi connectivity index (χ1) is 13.3. The summed E-state index contributed by atoms with van der Waals surface area (Å²) in [6, 6.07) is 13.9. The van der Waals surface area contributed by atoms with Crippen molar-refractivity contribution in [2.24, 2.45) is 0 Å². The van der Waals surface area contributed by atoms with Gasteiger partial charge in [0.25, 0.3) is 5.91 Å². The van der Waals surface area contributed by atoms with E-state index in [1.807, 2.05) is 53.2 Å². The largest absolute Gasteiger partial charge is 0.483 e. The van der Waals surface area contributed by atoms with Gasteiger partial charge >= 0.3 is 0 Å². The zero-order valence-electron chi connectivity index (χ0n) is 16.3. The van der Waals surface area contributed by atoms with E-state index >= 15 is 0 Å². The van der Waals surface area contributed by atoms with Gasteiger partial charge in [-0.3, -0.25) is 4.79 Å². The first-order valence-electron chi connectivity index (χ1n) is 9.10. The van der Waals surface area contributed by atoms with Gasteiger partial charge in [0.2, 0.25) is 0 Å². The van der Waals surface area contributed by atoms with E-state index in [0.29, 0.717) is 12.3 Å². The number of nitrogens with zero attached hydrogens (tertiary/aromatic N) is 2. The predicted molar refractivity (Wildman–Crippen MR) is 114 cm³/mol. The van der Waals surface area contributed by atoms with E-state index in [2.05, 4.69) is 47.0 Å². The Morgan fingerprint density at radius 1 is 1.18 bits per heavy atom. The first-order valence-corrected chi connectivity index (χ1v) is 9.89. The van der Waals surface area contributed by atoms with Crippen LogP contribution in [0, 0.1) is 0 Å². The highest BCUT2D eigenvalue weighted by atomic mass is 79.9. The highest BCUT2D eigenvalue weighted by molar-refractivity contribution is 9.10. The van der Waals surface area contributed by atoms with E-state index in [9.17, 15) is 4.79 Å². The van der Waals surface area contributed by atoms with Gasteiger partial charge in [0.1, 0.15) is 5.75 Å². The van der Waals surface area contributed by atoms with Crippen molar-refractivity contribution < 1.29 is 9.53 Å². The topological polar surface area (TPSA) is 56.1 Å². The van der Waals surface area contributed by atoms with Crippen LogP contribution in [0.3, 0.4) is 0 Å². The van der Waals surface area contributed by atoms with Gasteiger partial charge in [-0.15, -0.1) is 0 Å². The Morgan fingerprint density at radius 2 is 1.93 bits per heavy atom. The van der Waals surface area contributed by atoms with Crippen molar-refractivity contribution in [1.82, 2.24) is 14.9 Å². The molecule has 0 saturated heterocycles. The van der Waals surface area contributed by atoms with E-state index in [-0.39, 0.29) is 17.9 Å². The minimum absolute atomic E-state index is 0.0272. The molecule has 3 aromatic rings. The van der Waals surface area contributed by atoms with Crippen LogP contribution in [0.5, 0.6) is 5.75 Å². The second kappa shape index (κ2) is 8.61. The fourth-order valence-corrected chi connectivity index (χ4v) is 3.17. The van der Waals surface area contributed by atoms with Crippen LogP contribution in [-0.2, 0) is 16.8 Å². The molecule has 1 amide bonds. The van der Waals surface area contributed by atoms with Crippen molar-refractivity contribution in [2.75, 3.05) is 6.61 Å². The predicted octanol–water partition coefficient (Wildman–Crippen LogP) is 4.63. The molecule has 0 fully saturated rings. The number of hydrogen-bond donors (Lipinski definition) is 1. The molecule has 0 unspecified atom stereocenters. The molecule has 5 nitrogen and oxygen atoms in total. The van der Waals surface area contributed by atoms with E-state index in [1.54, 1.807) is 12.5 Å². The number of imidazole rings is 1. The standard InChI is InChI=1S/C22H24BrN3O2/c1-22(2,3)17-6-9-20(19(23)12-17)28-14-21(27)25-13-16-4-7-18(8-5-16)26-11-10-24-15-26/h4-12,15H,13-14H2,1-3H3,(H,25,27). The summed E-state index contributed by atoms with van der Waals surface area (Å²) in [5.41, 5.74) is 3.31. The van der Waals surface area contributed by atoms with Gasteiger partial charge in [-0.05, 0) is 56.7 Å². The van der Waals surface area contributed by atoms with E-state index < -0.39 is 0 Å². The molecule has 0 spiro atoms. The van der Waals surface area contributed by atoms with Crippen molar-refractivity contribution >= 4 is 21.8 Å². The molecule has 1 heterocycles. The Kier molecular flexibility index (Phi) is 6.19. The number of carbonyl (C=O) groups is 1. The maximum Gasteiger partial charge on any atom is 0.258 e. The molecule has 0 aliphatic heterocycles. The Morgan fingerprint density at radius 3 is 2.54 bits per heavy atom. The number of hydrogen-bond acceptors (Lipinski definition) is 3. The van der Waals surface area contributed by atoms with Crippen molar-refractivity contribution in [2.45, 2.75) is 32.7 Å². The summed E-state index contributed by atoms with van der Waals surface area (Å²) >= 11 is 3.53. The van der Waals surface area contributed by atoms with Gasteiger partial charge in [0.05, 0.1) is 10.8 Å². The van der Waals surface area contributed by atoms with Crippen LogP contribution < -0.4 is 10.1 Å². The molecular weight excluding hydrogens is 418 g/mol. The van der Waals surface area contributed by atoms with Gasteiger partial charge in [0.15, 0.2) is 6.61 Å². The molecule has 0 aliphatic rings. The van der Waals surface area contributed by atoms with Crippen LogP contribution in [0.15, 0.2) is 65.7 Å². The Balaban J connectivity index is 1.50. The lowest BCUT2D eigenvalue weighted by molar-refractivity contribution is -0.123. The molecule has 0 radical (unpaired) electrons. The number of aromatic nitrogens is 2. The molecule has 28 heavy (non-hydrogen) atoms. The van der Waals surface area contributed by atoms with Crippen molar-refractivity contribution in [3.05, 3.63) is 76.8 Å². The van der Waals surface area contributed by atoms with Gasteiger partial charge in [0, 0.05) is 24.6 Å². The van der Waals surface area contributed by atoms with Gasteiger partial charge in [-0.2, -0.15) is 0 Å². The van der Waals surface area contributed by atoms with Crippen LogP contribution >= 0.6 is 15.9 Å². The second-order valence-corrected chi connectivity index (χ2v) is 8.45. The molecule has 0 bridgehead atoms. The first kappa shape index (κ1) is 20.1. The number of rotatable bonds is 6. The van der Waals surface area contributed by atoms with Crippen molar-refractivity contribution in [3.8, 4) is 11.4 Å². The summed E-state index contributed by atoms with van der Waals surface area (Å²) < 4.78 is 8.43. The molecule has 0 aliphatic carbocycles. The summed E-state index contributed by atoms with van der Waals surface area (Å²) in [6.45, 7) is 6.90. The third-order valence-electron chi connectivity index (χ3n) is 4.39. The maximum atomic E-state index is 12.1. The second-order valence-electron chi connectivity index (χ2n) is 7.60. The molecular formula is C22H24BrN3O2. The highest BCUT2D eigenvalue weighted by Gasteiger charge is 2.15. The summed E-state index contributed by atoms with van der Waals surface area (Å²) in [5.74, 6) is 0.498. The molecule has 146 valence electrons. The average molecular weight is 442 g/mol. The zero-order valence-corrected chi connectivity index (χ0v) is 17.9. The lowest BCUT2D eigenvalue weighted by Gasteiger charge is -2.20. The molecule has 0 saturated carbocycles. The number of amides is 1. The number of halogens is 1. The molecule has 2 aromatic carbocycles. The normalized spacial score (nSPS) is 11.3. The van der Waals surface area contributed by atoms with Gasteiger partial charge < -0.3 is 14.6 Å². The zero-order chi connectivity index (χ0) is 20.1. The number of carbonyl (C=O) groups excluding carboxylic acids is 1. The lowest BCUT2D eigenvalue weighted by atomic mass is 9.87. The SMILES string of the molecule is CC(C)(C)c1ccc(OCC(=O)NCc2ccc(-n3ccnc3)cc2)c(Br)c1. The monoisotopic (exact) mass is 441 g/mol. The molecule has 1 N–H and O–H groups in total. The fourth-order valence-electron chi connectivity index (χ4n) is 2.68. The van der Waals surface area contributed by atoms with Crippen LogP contribution in [0.2, 0.25) is 0 Å². The quantitative estimate of drug-likeness (QED) is 0.606. The van der Waals surface area contributed by atoms with Gasteiger partial charge in [-0.1, -0.05) is 39.0 Å². The molecule has 6 heteroatoms. The lowest BCUT2D eigenvalue weighted by Crippen LogP contribution is -2.28. The third-order valence-corrected chi connectivity index (χ3v) is 5.00. The summed E-state index contributed by atoms with van der Waals surface area (Å²) in [7, 11) is 0. The summed E-state index contributed by atoms with van der Waals surface area (Å²) in [5, 5.41) is 2.88. The van der Waals surface area contributed by atoms with Crippen LogP contribution in [-0.4, -0.2) is 22.1 Å². The average Bonchev–Trinajstić information content (AvgIpc) is 3.20. The van der Waals surface area contributed by atoms with Gasteiger partial charge in [-0.25, -0.2) is 4.98 Å². The van der Waals surface area contributed by atoms with Crippen LogP contribution in [0.25, 0.3) is 5.69 Å². The number of nitrogens with one attached hydrogen (secondary N) is 1. The van der Waals surface area contributed by atoms with E-state index in [1.165, 1.54) is 5.56 Å². The molecule has 1 aromatic heterocycles. The van der Waals surface area contributed by atoms with Crippen LogP contribution in [0.4, 0.5) is 0 Å². The third kappa shape index (κ3) is 5.23. The molecule has 0 atom stereocenters. The summed E-state index contributed by atoms with van der Waals surface area (Å²) in [6.07, 6.45) is 5.38. The Labute approximate surface area is 173 Å². The smallest absolute Gasteiger partial charge is 0.258 e. The van der Waals surface area contributed by atoms with E-state index in [4.69, 9.17) is 4.74 Å². The van der Waals surface area contributed by atoms with Crippen molar-refractivity contribution in [3.63, 3.8) is 0 Å². The fraction of sp³-hybridized carbons (Fsp3) is 0.273. The summed E-state index contributed by atoms with van der Waals surface area (Å²) in [4.78, 5) is 16.2. The minimum atomic E-state index is -0.162. The van der Waals surface area contributed by atoms with E-state index in [0.717, 1.165) is 15.7 Å². The molecule has 3 rings (SSSR count). The Hall–Kier alpha value is -2.60. The number of benzene rings is 2. The van der Waals surface area contributed by atoms with Crippen LogP contribution in [0.1, 0.15) is 31.9 Å². The highest BCUT2D eigenvalue weighted by Crippen LogP contribution is 2.31. The maximum absolute atomic E-state index is 12.1.